The van der Waals surface area contributed by atoms with Crippen molar-refractivity contribution in [2.75, 3.05) is 6.54 Å². The normalized spacial score (nSPS) is 12.4. The van der Waals surface area contributed by atoms with Gasteiger partial charge in [-0.3, -0.25) is 0 Å². The number of benzene rings is 2. The van der Waals surface area contributed by atoms with Crippen LogP contribution in [0.3, 0.4) is 0 Å². The molecule has 0 heterocycles. The molecule has 1 nitrogen and oxygen atoms in total. The third-order valence-electron chi connectivity index (χ3n) is 3.99. The highest BCUT2D eigenvalue weighted by molar-refractivity contribution is 5.39. The summed E-state index contributed by atoms with van der Waals surface area (Å²) in [5.41, 5.74) is 6.95. The molecule has 0 aliphatic carbocycles. The summed E-state index contributed by atoms with van der Waals surface area (Å²) < 4.78 is 0. The third kappa shape index (κ3) is 3.49. The van der Waals surface area contributed by atoms with Crippen LogP contribution in [-0.2, 0) is 6.42 Å². The van der Waals surface area contributed by atoms with E-state index in [1.807, 2.05) is 0 Å². The van der Waals surface area contributed by atoms with Crippen molar-refractivity contribution in [2.24, 2.45) is 0 Å². The van der Waals surface area contributed by atoms with E-state index < -0.39 is 0 Å². The lowest BCUT2D eigenvalue weighted by Crippen LogP contribution is -2.24. The van der Waals surface area contributed by atoms with Gasteiger partial charge in [0.1, 0.15) is 0 Å². The molecule has 0 aliphatic rings. The summed E-state index contributed by atoms with van der Waals surface area (Å²) in [5, 5.41) is 3.63. The van der Waals surface area contributed by atoms with Crippen LogP contribution in [0.15, 0.2) is 42.5 Å². The zero-order chi connectivity index (χ0) is 14.5. The average Bonchev–Trinajstić information content (AvgIpc) is 2.44. The van der Waals surface area contributed by atoms with Gasteiger partial charge in [-0.25, -0.2) is 0 Å². The second kappa shape index (κ2) is 6.71. The number of rotatable bonds is 5. The minimum absolute atomic E-state index is 0.390. The van der Waals surface area contributed by atoms with Crippen LogP contribution in [0.4, 0.5) is 0 Å². The van der Waals surface area contributed by atoms with Gasteiger partial charge < -0.3 is 5.32 Å². The molecule has 1 N–H and O–H groups in total. The number of hydrogen-bond acceptors (Lipinski definition) is 1. The predicted molar refractivity (Wildman–Crippen MR) is 87.2 cm³/mol. The molecular formula is C19H25N. The van der Waals surface area contributed by atoms with Gasteiger partial charge in [-0.15, -0.1) is 0 Å². The maximum absolute atomic E-state index is 3.63. The summed E-state index contributed by atoms with van der Waals surface area (Å²) in [6.07, 6.45) is 1.04. The van der Waals surface area contributed by atoms with E-state index in [1.54, 1.807) is 0 Å². The Labute approximate surface area is 123 Å². The first kappa shape index (κ1) is 14.8. The Morgan fingerprint density at radius 3 is 2.20 bits per heavy atom. The maximum atomic E-state index is 3.63. The molecule has 2 aromatic rings. The van der Waals surface area contributed by atoms with E-state index in [2.05, 4.69) is 75.5 Å². The Morgan fingerprint density at radius 2 is 1.55 bits per heavy atom. The van der Waals surface area contributed by atoms with E-state index in [4.69, 9.17) is 0 Å². The summed E-state index contributed by atoms with van der Waals surface area (Å²) in [7, 11) is 0. The zero-order valence-electron chi connectivity index (χ0n) is 13.0. The molecule has 1 heteroatoms. The van der Waals surface area contributed by atoms with Crippen molar-refractivity contribution < 1.29 is 0 Å². The van der Waals surface area contributed by atoms with Crippen molar-refractivity contribution in [1.29, 1.82) is 0 Å². The van der Waals surface area contributed by atoms with E-state index >= 15 is 0 Å². The predicted octanol–water partition coefficient (Wildman–Crippen LogP) is 4.51. The van der Waals surface area contributed by atoms with Crippen molar-refractivity contribution >= 4 is 0 Å². The first-order chi connectivity index (χ1) is 9.61. The van der Waals surface area contributed by atoms with Gasteiger partial charge in [0.2, 0.25) is 0 Å². The van der Waals surface area contributed by atoms with Gasteiger partial charge in [0.25, 0.3) is 0 Å². The molecule has 0 amide bonds. The van der Waals surface area contributed by atoms with Gasteiger partial charge in [-0.05, 0) is 61.6 Å². The molecule has 0 spiro atoms. The fraction of sp³-hybridized carbons (Fsp3) is 0.368. The second-order valence-corrected chi connectivity index (χ2v) is 5.59. The van der Waals surface area contributed by atoms with Crippen molar-refractivity contribution in [2.45, 2.75) is 40.2 Å². The Bertz CT molecular complexity index is 557. The van der Waals surface area contributed by atoms with Crippen LogP contribution < -0.4 is 5.32 Å². The molecule has 2 rings (SSSR count). The first-order valence-electron chi connectivity index (χ1n) is 7.47. The van der Waals surface area contributed by atoms with Crippen LogP contribution in [0, 0.1) is 20.8 Å². The minimum Gasteiger partial charge on any atom is -0.310 e. The molecule has 1 unspecified atom stereocenters. The number of nitrogens with one attached hydrogen (secondary N) is 1. The molecule has 0 aliphatic heterocycles. The van der Waals surface area contributed by atoms with E-state index in [9.17, 15) is 0 Å². The smallest absolute Gasteiger partial charge is 0.0363 e. The molecule has 0 fully saturated rings. The van der Waals surface area contributed by atoms with E-state index in [1.165, 1.54) is 27.8 Å². The monoisotopic (exact) mass is 267 g/mol. The fourth-order valence-electron chi connectivity index (χ4n) is 2.75. The first-order valence-corrected chi connectivity index (χ1v) is 7.47. The summed E-state index contributed by atoms with van der Waals surface area (Å²) in [5.74, 6) is 0. The Hall–Kier alpha value is -1.60. The van der Waals surface area contributed by atoms with Gasteiger partial charge >= 0.3 is 0 Å². The Morgan fingerprint density at radius 1 is 0.900 bits per heavy atom. The lowest BCUT2D eigenvalue weighted by atomic mass is 9.92. The van der Waals surface area contributed by atoms with Gasteiger partial charge in [0, 0.05) is 6.04 Å². The van der Waals surface area contributed by atoms with Crippen LogP contribution >= 0.6 is 0 Å². The van der Waals surface area contributed by atoms with E-state index in [0.29, 0.717) is 6.04 Å². The molecule has 0 saturated carbocycles. The van der Waals surface area contributed by atoms with Gasteiger partial charge in [-0.1, -0.05) is 49.4 Å². The van der Waals surface area contributed by atoms with E-state index in [-0.39, 0.29) is 0 Å². The molecule has 20 heavy (non-hydrogen) atoms. The highest BCUT2D eigenvalue weighted by Crippen LogP contribution is 2.24. The van der Waals surface area contributed by atoms with Crippen LogP contribution in [-0.4, -0.2) is 6.54 Å². The van der Waals surface area contributed by atoms with Crippen LogP contribution in [0.5, 0.6) is 0 Å². The Balaban J connectivity index is 2.31. The summed E-state index contributed by atoms with van der Waals surface area (Å²) in [6.45, 7) is 9.77. The summed E-state index contributed by atoms with van der Waals surface area (Å²) in [4.78, 5) is 0. The third-order valence-corrected chi connectivity index (χ3v) is 3.99. The summed E-state index contributed by atoms with van der Waals surface area (Å²) in [6, 6.07) is 15.8. The summed E-state index contributed by atoms with van der Waals surface area (Å²) >= 11 is 0. The minimum atomic E-state index is 0.390. The number of hydrogen-bond donors (Lipinski definition) is 1. The molecule has 106 valence electrons. The largest absolute Gasteiger partial charge is 0.310 e. The molecule has 0 saturated heterocycles. The topological polar surface area (TPSA) is 12.0 Å². The molecule has 1 atom stereocenters. The lowest BCUT2D eigenvalue weighted by Gasteiger charge is -2.22. The SMILES string of the molecule is CCNC(Cc1ccccc1)c1cc(C)c(C)cc1C. The van der Waals surface area contributed by atoms with E-state index in [0.717, 1.165) is 13.0 Å². The average molecular weight is 267 g/mol. The lowest BCUT2D eigenvalue weighted by molar-refractivity contribution is 0.547. The molecule has 2 aromatic carbocycles. The van der Waals surface area contributed by atoms with Gasteiger partial charge in [0.05, 0.1) is 0 Å². The highest BCUT2D eigenvalue weighted by atomic mass is 14.9. The van der Waals surface area contributed by atoms with Gasteiger partial charge in [-0.2, -0.15) is 0 Å². The van der Waals surface area contributed by atoms with Crippen LogP contribution in [0.2, 0.25) is 0 Å². The molecule has 0 bridgehead atoms. The quantitative estimate of drug-likeness (QED) is 0.840. The standard InChI is InChI=1S/C19H25N/c1-5-20-19(13-17-9-7-6-8-10-17)18-12-15(3)14(2)11-16(18)4/h6-12,19-20H,5,13H2,1-4H3. The van der Waals surface area contributed by atoms with Crippen molar-refractivity contribution in [3.05, 3.63) is 70.3 Å². The van der Waals surface area contributed by atoms with Crippen LogP contribution in [0.1, 0.15) is 40.8 Å². The number of likely N-dealkylation sites (N-methyl/N-ethyl adjacent to an activating group) is 1. The highest BCUT2D eigenvalue weighted by Gasteiger charge is 2.14. The number of aryl methyl sites for hydroxylation is 3. The zero-order valence-corrected chi connectivity index (χ0v) is 13.0. The molecule has 0 radical (unpaired) electrons. The van der Waals surface area contributed by atoms with Crippen molar-refractivity contribution in [3.8, 4) is 0 Å². The second-order valence-electron chi connectivity index (χ2n) is 5.59. The fourth-order valence-corrected chi connectivity index (χ4v) is 2.75. The van der Waals surface area contributed by atoms with Gasteiger partial charge in [0.15, 0.2) is 0 Å². The Kier molecular flexibility index (Phi) is 4.97. The molecular weight excluding hydrogens is 242 g/mol. The van der Waals surface area contributed by atoms with Crippen molar-refractivity contribution in [1.82, 2.24) is 5.32 Å². The molecule has 0 aromatic heterocycles. The van der Waals surface area contributed by atoms with Crippen LogP contribution in [0.25, 0.3) is 0 Å². The maximum Gasteiger partial charge on any atom is 0.0363 e. The van der Waals surface area contributed by atoms with Crippen molar-refractivity contribution in [3.63, 3.8) is 0 Å².